The van der Waals surface area contributed by atoms with E-state index in [0.717, 1.165) is 19.5 Å². The topological polar surface area (TPSA) is 73.0 Å². The zero-order valence-corrected chi connectivity index (χ0v) is 8.07. The lowest BCUT2D eigenvalue weighted by molar-refractivity contribution is -0.389. The van der Waals surface area contributed by atoms with E-state index < -0.39 is 4.92 Å². The maximum atomic E-state index is 10.5. The molecule has 1 N–H and O–H groups in total. The van der Waals surface area contributed by atoms with E-state index >= 15 is 0 Å². The Balaban J connectivity index is 2.27. The zero-order chi connectivity index (χ0) is 10.1. The summed E-state index contributed by atoms with van der Waals surface area (Å²) >= 11 is 5.67. The second kappa shape index (κ2) is 3.55. The molecule has 1 aliphatic rings. The molecule has 1 fully saturated rings. The fourth-order valence-electron chi connectivity index (χ4n) is 1.54. The van der Waals surface area contributed by atoms with Crippen LogP contribution in [-0.2, 0) is 0 Å². The third kappa shape index (κ3) is 1.58. The average molecular weight is 217 g/mol. The van der Waals surface area contributed by atoms with Crippen molar-refractivity contribution in [2.75, 3.05) is 13.1 Å². The van der Waals surface area contributed by atoms with E-state index in [2.05, 4.69) is 10.4 Å². The van der Waals surface area contributed by atoms with E-state index in [1.807, 2.05) is 0 Å². The highest BCUT2D eigenvalue weighted by molar-refractivity contribution is 6.32. The van der Waals surface area contributed by atoms with E-state index in [-0.39, 0.29) is 16.9 Å². The van der Waals surface area contributed by atoms with Gasteiger partial charge < -0.3 is 15.4 Å². The lowest BCUT2D eigenvalue weighted by atomic mass is 10.3. The predicted molar refractivity (Wildman–Crippen MR) is 50.4 cm³/mol. The molecule has 2 heterocycles. The van der Waals surface area contributed by atoms with Crippen molar-refractivity contribution in [2.24, 2.45) is 0 Å². The number of rotatable bonds is 2. The fraction of sp³-hybridized carbons (Fsp3) is 0.571. The van der Waals surface area contributed by atoms with Crippen molar-refractivity contribution in [3.8, 4) is 0 Å². The molecular weight excluding hydrogens is 208 g/mol. The number of halogens is 1. The third-order valence-electron chi connectivity index (χ3n) is 2.25. The number of hydrogen-bond acceptors (Lipinski definition) is 4. The van der Waals surface area contributed by atoms with Gasteiger partial charge in [0.1, 0.15) is 0 Å². The van der Waals surface area contributed by atoms with Crippen LogP contribution in [0.5, 0.6) is 0 Å². The largest absolute Gasteiger partial charge is 0.408 e. The van der Waals surface area contributed by atoms with E-state index in [1.54, 1.807) is 4.68 Å². The Morgan fingerprint density at radius 3 is 3.07 bits per heavy atom. The molecule has 0 spiro atoms. The Bertz CT molecular complexity index is 359. The minimum Gasteiger partial charge on any atom is -0.358 e. The molecule has 14 heavy (non-hydrogen) atoms. The van der Waals surface area contributed by atoms with Crippen LogP contribution in [0.25, 0.3) is 0 Å². The molecule has 76 valence electrons. The van der Waals surface area contributed by atoms with Gasteiger partial charge in [-0.15, -0.1) is 0 Å². The number of aromatic nitrogens is 2. The van der Waals surface area contributed by atoms with Crippen LogP contribution in [0.3, 0.4) is 0 Å². The van der Waals surface area contributed by atoms with Crippen molar-refractivity contribution in [3.05, 3.63) is 21.3 Å². The summed E-state index contributed by atoms with van der Waals surface area (Å²) in [5, 5.41) is 17.6. The van der Waals surface area contributed by atoms with Crippen molar-refractivity contribution < 1.29 is 4.92 Å². The smallest absolute Gasteiger partial charge is 0.358 e. The summed E-state index contributed by atoms with van der Waals surface area (Å²) in [4.78, 5) is 9.91. The summed E-state index contributed by atoms with van der Waals surface area (Å²) < 4.78 is 1.57. The number of nitro groups is 1. The van der Waals surface area contributed by atoms with Gasteiger partial charge in [0.05, 0.1) is 17.3 Å². The molecule has 1 saturated heterocycles. The summed E-state index contributed by atoms with van der Waals surface area (Å²) in [5.74, 6) is -0.265. The second-order valence-corrected chi connectivity index (χ2v) is 3.59. The molecule has 0 amide bonds. The van der Waals surface area contributed by atoms with Crippen LogP contribution in [0, 0.1) is 10.1 Å². The van der Waals surface area contributed by atoms with Crippen LogP contribution in [0.4, 0.5) is 5.82 Å². The van der Waals surface area contributed by atoms with Crippen LogP contribution in [-0.4, -0.2) is 27.8 Å². The van der Waals surface area contributed by atoms with Gasteiger partial charge >= 0.3 is 5.82 Å². The maximum Gasteiger partial charge on any atom is 0.408 e. The monoisotopic (exact) mass is 216 g/mol. The molecule has 0 saturated carbocycles. The SMILES string of the molecule is O=[N+]([O-])c1nn(C2CCNC2)cc1Cl. The Morgan fingerprint density at radius 1 is 1.79 bits per heavy atom. The Morgan fingerprint density at radius 2 is 2.57 bits per heavy atom. The van der Waals surface area contributed by atoms with Gasteiger partial charge in [0.2, 0.25) is 0 Å². The molecule has 1 aromatic rings. The fourth-order valence-corrected chi connectivity index (χ4v) is 1.74. The lowest BCUT2D eigenvalue weighted by Crippen LogP contribution is -2.13. The number of hydrogen-bond donors (Lipinski definition) is 1. The van der Waals surface area contributed by atoms with Gasteiger partial charge in [0.15, 0.2) is 5.02 Å². The normalized spacial score (nSPS) is 21.4. The van der Waals surface area contributed by atoms with E-state index in [1.165, 1.54) is 6.20 Å². The summed E-state index contributed by atoms with van der Waals surface area (Å²) in [5.41, 5.74) is 0. The first-order valence-electron chi connectivity index (χ1n) is 4.28. The van der Waals surface area contributed by atoms with Gasteiger partial charge in [-0.1, -0.05) is 11.6 Å². The Kier molecular flexibility index (Phi) is 2.39. The molecule has 0 aromatic carbocycles. The second-order valence-electron chi connectivity index (χ2n) is 3.18. The van der Waals surface area contributed by atoms with Crippen molar-refractivity contribution in [2.45, 2.75) is 12.5 Å². The standard InChI is InChI=1S/C7H9ClN4O2/c8-6-4-11(5-1-2-9-3-5)10-7(6)12(13)14/h4-5,9H,1-3H2. The number of nitrogens with zero attached hydrogens (tertiary/aromatic N) is 3. The van der Waals surface area contributed by atoms with Gasteiger partial charge in [-0.05, 0) is 17.9 Å². The van der Waals surface area contributed by atoms with Crippen molar-refractivity contribution in [1.82, 2.24) is 15.1 Å². The first-order valence-corrected chi connectivity index (χ1v) is 4.66. The van der Waals surface area contributed by atoms with Gasteiger partial charge in [-0.3, -0.25) is 0 Å². The molecule has 2 rings (SSSR count). The zero-order valence-electron chi connectivity index (χ0n) is 7.31. The van der Waals surface area contributed by atoms with Crippen molar-refractivity contribution in [3.63, 3.8) is 0 Å². The van der Waals surface area contributed by atoms with Crippen LogP contribution in [0.15, 0.2) is 6.20 Å². The van der Waals surface area contributed by atoms with Crippen LogP contribution in [0.2, 0.25) is 5.02 Å². The molecule has 6 nitrogen and oxygen atoms in total. The summed E-state index contributed by atoms with van der Waals surface area (Å²) in [6, 6.07) is 0.182. The van der Waals surface area contributed by atoms with E-state index in [0.29, 0.717) is 0 Å². The minimum absolute atomic E-state index is 0.0990. The van der Waals surface area contributed by atoms with Gasteiger partial charge in [0.25, 0.3) is 0 Å². The Labute approximate surface area is 85.0 Å². The molecular formula is C7H9ClN4O2. The number of nitrogens with one attached hydrogen (secondary N) is 1. The predicted octanol–water partition coefficient (Wildman–Crippen LogP) is 0.979. The average Bonchev–Trinajstić information content (AvgIpc) is 2.70. The van der Waals surface area contributed by atoms with Crippen molar-refractivity contribution >= 4 is 17.4 Å². The highest BCUT2D eigenvalue weighted by atomic mass is 35.5. The van der Waals surface area contributed by atoms with Crippen molar-refractivity contribution in [1.29, 1.82) is 0 Å². The molecule has 1 unspecified atom stereocenters. The molecule has 0 radical (unpaired) electrons. The van der Waals surface area contributed by atoms with Gasteiger partial charge in [0, 0.05) is 6.54 Å². The first kappa shape index (κ1) is 9.42. The highest BCUT2D eigenvalue weighted by Gasteiger charge is 2.25. The minimum atomic E-state index is -0.568. The Hall–Kier alpha value is -1.14. The third-order valence-corrected chi connectivity index (χ3v) is 2.52. The molecule has 0 aliphatic carbocycles. The van der Waals surface area contributed by atoms with Crippen LogP contribution in [0.1, 0.15) is 12.5 Å². The molecule has 1 atom stereocenters. The molecule has 7 heteroatoms. The van der Waals surface area contributed by atoms with Crippen LogP contribution < -0.4 is 5.32 Å². The quantitative estimate of drug-likeness (QED) is 0.591. The van der Waals surface area contributed by atoms with Gasteiger partial charge in [-0.25, -0.2) is 0 Å². The summed E-state index contributed by atoms with van der Waals surface area (Å²) in [6.07, 6.45) is 2.44. The molecule has 0 bridgehead atoms. The van der Waals surface area contributed by atoms with E-state index in [4.69, 9.17) is 11.6 Å². The summed E-state index contributed by atoms with van der Waals surface area (Å²) in [6.45, 7) is 1.70. The van der Waals surface area contributed by atoms with Gasteiger partial charge in [-0.2, -0.15) is 4.68 Å². The molecule has 1 aromatic heterocycles. The lowest BCUT2D eigenvalue weighted by Gasteiger charge is -2.02. The van der Waals surface area contributed by atoms with E-state index in [9.17, 15) is 10.1 Å². The summed E-state index contributed by atoms with van der Waals surface area (Å²) in [7, 11) is 0. The first-order chi connectivity index (χ1) is 6.68. The highest BCUT2D eigenvalue weighted by Crippen LogP contribution is 2.25. The van der Waals surface area contributed by atoms with Crippen LogP contribution >= 0.6 is 11.6 Å². The molecule has 1 aliphatic heterocycles. The maximum absolute atomic E-state index is 10.5.